The average Bonchev–Trinajstić information content (AvgIpc) is 2.76. The topological polar surface area (TPSA) is 54.4 Å². The first-order chi connectivity index (χ1) is 14.6. The lowest BCUT2D eigenvalue weighted by atomic mass is 10.0. The molecule has 0 aromatic heterocycles. The van der Waals surface area contributed by atoms with Crippen molar-refractivity contribution in [3.8, 4) is 17.2 Å². The number of hydrogen-bond acceptors (Lipinski definition) is 6. The SMILES string of the molecule is COc1cc(CN2CCN(Cc3ccccc3C)[C@@H](CCO)C2)cc(OC)c1OC. The van der Waals surface area contributed by atoms with Gasteiger partial charge in [-0.15, -0.1) is 0 Å². The Morgan fingerprint density at radius 1 is 0.967 bits per heavy atom. The standard InChI is InChI=1S/C24H34N2O4/c1-18-7-5-6-8-20(18)16-26-11-10-25(17-21(26)9-12-27)15-19-13-22(28-2)24(30-4)23(14-19)29-3/h5-8,13-14,21,27H,9-12,15-17H2,1-4H3/t21-/m0/s1. The van der Waals surface area contributed by atoms with Crippen LogP contribution < -0.4 is 14.2 Å². The van der Waals surface area contributed by atoms with E-state index in [2.05, 4.69) is 41.0 Å². The second kappa shape index (κ2) is 10.7. The van der Waals surface area contributed by atoms with Gasteiger partial charge in [0.05, 0.1) is 21.3 Å². The second-order valence-electron chi connectivity index (χ2n) is 7.83. The maximum Gasteiger partial charge on any atom is 0.203 e. The van der Waals surface area contributed by atoms with Crippen LogP contribution in [-0.4, -0.2) is 68.5 Å². The van der Waals surface area contributed by atoms with E-state index in [4.69, 9.17) is 14.2 Å². The maximum atomic E-state index is 9.64. The highest BCUT2D eigenvalue weighted by atomic mass is 16.5. The van der Waals surface area contributed by atoms with Crippen LogP contribution in [0.3, 0.4) is 0 Å². The Hall–Kier alpha value is -2.28. The molecule has 1 heterocycles. The third-order valence-corrected chi connectivity index (χ3v) is 5.92. The van der Waals surface area contributed by atoms with Gasteiger partial charge in [0.15, 0.2) is 11.5 Å². The van der Waals surface area contributed by atoms with Gasteiger partial charge in [-0.2, -0.15) is 0 Å². The Kier molecular flexibility index (Phi) is 7.96. The number of rotatable bonds is 9. The van der Waals surface area contributed by atoms with Crippen LogP contribution in [0.4, 0.5) is 0 Å². The summed E-state index contributed by atoms with van der Waals surface area (Å²) in [6.45, 7) is 6.97. The molecule has 2 aromatic rings. The molecule has 1 aliphatic heterocycles. The Labute approximate surface area is 180 Å². The predicted octanol–water partition coefficient (Wildman–Crippen LogP) is 3.09. The fraction of sp³-hybridized carbons (Fsp3) is 0.500. The van der Waals surface area contributed by atoms with Gasteiger partial charge in [0.2, 0.25) is 5.75 Å². The van der Waals surface area contributed by atoms with Gasteiger partial charge in [0.25, 0.3) is 0 Å². The number of aryl methyl sites for hydroxylation is 1. The summed E-state index contributed by atoms with van der Waals surface area (Å²) in [5.74, 6) is 1.97. The lowest BCUT2D eigenvalue weighted by molar-refractivity contribution is 0.0498. The third-order valence-electron chi connectivity index (χ3n) is 5.92. The molecular weight excluding hydrogens is 380 g/mol. The first-order valence-corrected chi connectivity index (χ1v) is 10.5. The number of benzene rings is 2. The number of hydrogen-bond donors (Lipinski definition) is 1. The molecule has 0 bridgehead atoms. The highest BCUT2D eigenvalue weighted by Crippen LogP contribution is 2.38. The molecule has 164 valence electrons. The summed E-state index contributed by atoms with van der Waals surface area (Å²) in [5, 5.41) is 9.64. The van der Waals surface area contributed by atoms with Gasteiger partial charge in [-0.3, -0.25) is 9.80 Å². The van der Waals surface area contributed by atoms with Crippen LogP contribution in [0.2, 0.25) is 0 Å². The molecule has 1 aliphatic rings. The second-order valence-corrected chi connectivity index (χ2v) is 7.83. The number of piperazine rings is 1. The van der Waals surface area contributed by atoms with Crippen molar-refractivity contribution in [3.05, 3.63) is 53.1 Å². The van der Waals surface area contributed by atoms with Gasteiger partial charge in [-0.1, -0.05) is 24.3 Å². The summed E-state index contributed by atoms with van der Waals surface area (Å²) in [6, 6.07) is 12.9. The minimum atomic E-state index is 0.201. The molecule has 1 saturated heterocycles. The van der Waals surface area contributed by atoms with Crippen LogP contribution >= 0.6 is 0 Å². The zero-order chi connectivity index (χ0) is 21.5. The Balaban J connectivity index is 1.71. The Morgan fingerprint density at radius 3 is 2.27 bits per heavy atom. The summed E-state index contributed by atoms with van der Waals surface area (Å²) in [5.41, 5.74) is 3.80. The Morgan fingerprint density at radius 2 is 1.67 bits per heavy atom. The van der Waals surface area contributed by atoms with E-state index in [1.54, 1.807) is 21.3 Å². The molecule has 0 aliphatic carbocycles. The van der Waals surface area contributed by atoms with Crippen molar-refractivity contribution in [3.63, 3.8) is 0 Å². The molecule has 0 unspecified atom stereocenters. The number of aliphatic hydroxyl groups excluding tert-OH is 1. The smallest absolute Gasteiger partial charge is 0.203 e. The minimum absolute atomic E-state index is 0.201. The van der Waals surface area contributed by atoms with Gasteiger partial charge >= 0.3 is 0 Å². The third kappa shape index (κ3) is 5.25. The molecule has 30 heavy (non-hydrogen) atoms. The molecule has 1 atom stereocenters. The van der Waals surface area contributed by atoms with Crippen LogP contribution in [0.1, 0.15) is 23.1 Å². The van der Waals surface area contributed by atoms with Crippen LogP contribution in [0.25, 0.3) is 0 Å². The van der Waals surface area contributed by atoms with E-state index in [0.717, 1.165) is 44.7 Å². The Bertz CT molecular complexity index is 802. The molecule has 3 rings (SSSR count). The fourth-order valence-corrected chi connectivity index (χ4v) is 4.22. The van der Waals surface area contributed by atoms with E-state index < -0.39 is 0 Å². The summed E-state index contributed by atoms with van der Waals surface area (Å²) >= 11 is 0. The first kappa shape index (κ1) is 22.4. The minimum Gasteiger partial charge on any atom is -0.493 e. The monoisotopic (exact) mass is 414 g/mol. The fourth-order valence-electron chi connectivity index (χ4n) is 4.22. The van der Waals surface area contributed by atoms with Gasteiger partial charge < -0.3 is 19.3 Å². The van der Waals surface area contributed by atoms with E-state index in [-0.39, 0.29) is 6.61 Å². The van der Waals surface area contributed by atoms with Crippen molar-refractivity contribution in [2.45, 2.75) is 32.5 Å². The van der Waals surface area contributed by atoms with Crippen LogP contribution in [0, 0.1) is 6.92 Å². The molecule has 0 saturated carbocycles. The van der Waals surface area contributed by atoms with Gasteiger partial charge in [-0.05, 0) is 42.2 Å². The molecule has 6 heteroatoms. The number of nitrogens with zero attached hydrogens (tertiary/aromatic N) is 2. The molecule has 0 radical (unpaired) electrons. The lowest BCUT2D eigenvalue weighted by Gasteiger charge is -2.41. The van der Waals surface area contributed by atoms with Gasteiger partial charge in [-0.25, -0.2) is 0 Å². The van der Waals surface area contributed by atoms with Crippen LogP contribution in [0.15, 0.2) is 36.4 Å². The van der Waals surface area contributed by atoms with E-state index in [9.17, 15) is 5.11 Å². The van der Waals surface area contributed by atoms with Crippen molar-refractivity contribution in [2.24, 2.45) is 0 Å². The first-order valence-electron chi connectivity index (χ1n) is 10.5. The quantitative estimate of drug-likeness (QED) is 0.681. The molecule has 2 aromatic carbocycles. The van der Waals surface area contributed by atoms with E-state index in [1.165, 1.54) is 11.1 Å². The summed E-state index contributed by atoms with van der Waals surface area (Å²) in [7, 11) is 4.90. The molecule has 0 amide bonds. The summed E-state index contributed by atoms with van der Waals surface area (Å²) < 4.78 is 16.4. The lowest BCUT2D eigenvalue weighted by Crippen LogP contribution is -2.52. The van der Waals surface area contributed by atoms with Crippen molar-refractivity contribution in [2.75, 3.05) is 47.6 Å². The summed E-state index contributed by atoms with van der Waals surface area (Å²) in [6.07, 6.45) is 0.775. The average molecular weight is 415 g/mol. The molecule has 6 nitrogen and oxygen atoms in total. The van der Waals surface area contributed by atoms with E-state index in [0.29, 0.717) is 23.3 Å². The zero-order valence-corrected chi connectivity index (χ0v) is 18.6. The van der Waals surface area contributed by atoms with E-state index >= 15 is 0 Å². The van der Waals surface area contributed by atoms with Gasteiger partial charge in [0, 0.05) is 45.4 Å². The van der Waals surface area contributed by atoms with Crippen LogP contribution in [0.5, 0.6) is 17.2 Å². The van der Waals surface area contributed by atoms with Crippen molar-refractivity contribution in [1.82, 2.24) is 9.80 Å². The highest BCUT2D eigenvalue weighted by Gasteiger charge is 2.27. The van der Waals surface area contributed by atoms with Crippen LogP contribution in [-0.2, 0) is 13.1 Å². The van der Waals surface area contributed by atoms with E-state index in [1.807, 2.05) is 12.1 Å². The number of aliphatic hydroxyl groups is 1. The van der Waals surface area contributed by atoms with Crippen molar-refractivity contribution >= 4 is 0 Å². The summed E-state index contributed by atoms with van der Waals surface area (Å²) in [4.78, 5) is 4.94. The molecule has 1 N–H and O–H groups in total. The maximum absolute atomic E-state index is 9.64. The molecule has 1 fully saturated rings. The predicted molar refractivity (Wildman–Crippen MR) is 118 cm³/mol. The zero-order valence-electron chi connectivity index (χ0n) is 18.6. The molecule has 0 spiro atoms. The number of ether oxygens (including phenoxy) is 3. The van der Waals surface area contributed by atoms with Crippen molar-refractivity contribution in [1.29, 1.82) is 0 Å². The van der Waals surface area contributed by atoms with Gasteiger partial charge in [0.1, 0.15) is 0 Å². The van der Waals surface area contributed by atoms with Crippen molar-refractivity contribution < 1.29 is 19.3 Å². The molecular formula is C24H34N2O4. The highest BCUT2D eigenvalue weighted by molar-refractivity contribution is 5.53. The number of methoxy groups -OCH3 is 3. The largest absolute Gasteiger partial charge is 0.493 e. The normalized spacial score (nSPS) is 17.7.